The van der Waals surface area contributed by atoms with E-state index in [-0.39, 0.29) is 18.0 Å². The fourth-order valence-electron chi connectivity index (χ4n) is 2.89. The van der Waals surface area contributed by atoms with E-state index in [1.54, 1.807) is 34.1 Å². The summed E-state index contributed by atoms with van der Waals surface area (Å²) in [5.74, 6) is -0.648. The van der Waals surface area contributed by atoms with Gasteiger partial charge in [0.15, 0.2) is 0 Å². The highest BCUT2D eigenvalue weighted by molar-refractivity contribution is 7.85. The number of hydrogen-bond donors (Lipinski definition) is 1. The van der Waals surface area contributed by atoms with E-state index >= 15 is 0 Å². The summed E-state index contributed by atoms with van der Waals surface area (Å²) in [4.78, 5) is 16.3. The van der Waals surface area contributed by atoms with Crippen LogP contribution < -0.4 is 0 Å². The van der Waals surface area contributed by atoms with E-state index < -0.39 is 22.9 Å². The maximum Gasteiger partial charge on any atom is 0.470 e. The van der Waals surface area contributed by atoms with Gasteiger partial charge in [-0.3, -0.25) is 4.21 Å². The number of aliphatic hydroxyl groups is 1. The number of aliphatic hydroxyl groups excluding tert-OH is 1. The molecule has 0 saturated carbocycles. The first-order valence-corrected chi connectivity index (χ1v) is 11.0. The molecule has 2 heterocycles. The fraction of sp³-hybridized carbons (Fsp3) is 0.526. The molecule has 0 bridgehead atoms. The Morgan fingerprint density at radius 2 is 1.77 bits per heavy atom. The summed E-state index contributed by atoms with van der Waals surface area (Å²) in [5.41, 5.74) is 1.17. The van der Waals surface area contributed by atoms with Gasteiger partial charge in [-0.2, -0.15) is 13.2 Å². The van der Waals surface area contributed by atoms with Crippen LogP contribution in [-0.4, -0.2) is 73.1 Å². The predicted molar refractivity (Wildman–Crippen MR) is 108 cm³/mol. The highest BCUT2D eigenvalue weighted by atomic mass is 32.2. The zero-order valence-electron chi connectivity index (χ0n) is 17.4. The van der Waals surface area contributed by atoms with Crippen LogP contribution in [0.2, 0.25) is 0 Å². The number of halogens is 3. The van der Waals surface area contributed by atoms with Crippen molar-refractivity contribution in [3.05, 3.63) is 35.7 Å². The largest absolute Gasteiger partial charge is 0.470 e. The average molecular weight is 462 g/mol. The molecule has 0 unspecified atom stereocenters. The third kappa shape index (κ3) is 6.50. The highest BCUT2D eigenvalue weighted by Gasteiger charge is 2.38. The fourth-order valence-corrected chi connectivity index (χ4v) is 3.94. The molecule has 8 nitrogen and oxygen atoms in total. The molecule has 3 rings (SSSR count). The first-order valence-electron chi connectivity index (χ1n) is 9.50. The molecule has 1 aromatic heterocycles. The Kier molecular flexibility index (Phi) is 8.57. The minimum atomic E-state index is -4.69. The molecule has 1 aliphatic rings. The van der Waals surface area contributed by atoms with Gasteiger partial charge in [0, 0.05) is 60.7 Å². The summed E-state index contributed by atoms with van der Waals surface area (Å²) in [7, 11) is 0.133. The van der Waals surface area contributed by atoms with Crippen LogP contribution in [0.1, 0.15) is 25.3 Å². The number of alkyl halides is 3. The minimum Gasteiger partial charge on any atom is -0.413 e. The molecule has 1 N–H and O–H groups in total. The number of carbonyl (C=O) groups excluding carboxylic acids is 1. The van der Waals surface area contributed by atoms with Crippen LogP contribution in [0.25, 0.3) is 11.5 Å². The van der Waals surface area contributed by atoms with E-state index in [0.29, 0.717) is 36.7 Å². The van der Waals surface area contributed by atoms with Gasteiger partial charge in [0.25, 0.3) is 0 Å². The maximum atomic E-state index is 12.8. The quantitative estimate of drug-likeness (QED) is 0.750. The van der Waals surface area contributed by atoms with Crippen LogP contribution >= 0.6 is 0 Å². The van der Waals surface area contributed by atoms with Crippen molar-refractivity contribution in [2.24, 2.45) is 0 Å². The molecule has 0 atom stereocenters. The zero-order valence-corrected chi connectivity index (χ0v) is 18.2. The van der Waals surface area contributed by atoms with Crippen LogP contribution in [0.4, 0.5) is 18.0 Å². The number of urea groups is 1. The molecule has 0 aliphatic carbocycles. The summed E-state index contributed by atoms with van der Waals surface area (Å²) in [6.07, 6.45) is -4.69. The molecule has 2 amide bonds. The Morgan fingerprint density at radius 1 is 1.19 bits per heavy atom. The van der Waals surface area contributed by atoms with E-state index in [9.17, 15) is 22.2 Å². The smallest absolute Gasteiger partial charge is 0.413 e. The molecule has 1 aromatic carbocycles. The number of amides is 2. The van der Waals surface area contributed by atoms with Gasteiger partial charge in [-0.05, 0) is 31.5 Å². The second-order valence-corrected chi connectivity index (χ2v) is 8.64. The van der Waals surface area contributed by atoms with Crippen molar-refractivity contribution in [1.82, 2.24) is 20.0 Å². The lowest BCUT2D eigenvalue weighted by Crippen LogP contribution is -2.50. The van der Waals surface area contributed by atoms with E-state index in [1.165, 1.54) is 0 Å². The number of aromatic nitrogens is 2. The summed E-state index contributed by atoms with van der Waals surface area (Å²) in [6, 6.07) is 6.40. The summed E-state index contributed by atoms with van der Waals surface area (Å²) in [5, 5.41) is 13.5. The van der Waals surface area contributed by atoms with Crippen LogP contribution in [-0.2, 0) is 23.5 Å². The van der Waals surface area contributed by atoms with Gasteiger partial charge in [0.2, 0.25) is 5.89 Å². The van der Waals surface area contributed by atoms with Crippen LogP contribution in [0.3, 0.4) is 0 Å². The van der Waals surface area contributed by atoms with Crippen molar-refractivity contribution < 1.29 is 31.7 Å². The van der Waals surface area contributed by atoms with Gasteiger partial charge >= 0.3 is 18.1 Å². The number of hydrogen-bond acceptors (Lipinski definition) is 6. The number of nitrogens with zero attached hydrogens (tertiary/aromatic N) is 4. The lowest BCUT2D eigenvalue weighted by atomic mass is 10.1. The molecular weight excluding hydrogens is 437 g/mol. The first kappa shape index (κ1) is 24.8. The summed E-state index contributed by atoms with van der Waals surface area (Å²) in [6.45, 7) is 5.09. The van der Waals surface area contributed by atoms with E-state index in [2.05, 4.69) is 14.6 Å². The average Bonchev–Trinajstić information content (AvgIpc) is 3.25. The van der Waals surface area contributed by atoms with Gasteiger partial charge < -0.3 is 19.3 Å². The molecule has 1 aliphatic heterocycles. The van der Waals surface area contributed by atoms with Crippen molar-refractivity contribution in [1.29, 1.82) is 0 Å². The number of rotatable bonds is 4. The zero-order chi connectivity index (χ0) is 23.2. The minimum absolute atomic E-state index is 0.0557. The third-order valence-electron chi connectivity index (χ3n) is 4.54. The van der Waals surface area contributed by atoms with Crippen LogP contribution in [0.15, 0.2) is 28.7 Å². The van der Waals surface area contributed by atoms with Gasteiger partial charge in [0.1, 0.15) is 0 Å². The maximum absolute atomic E-state index is 12.8. The van der Waals surface area contributed by atoms with E-state index in [1.807, 2.05) is 13.8 Å². The Labute approximate surface area is 180 Å². The lowest BCUT2D eigenvalue weighted by Gasteiger charge is -2.35. The Morgan fingerprint density at radius 3 is 2.26 bits per heavy atom. The summed E-state index contributed by atoms with van der Waals surface area (Å²) < 4.78 is 54.0. The van der Waals surface area contributed by atoms with Crippen molar-refractivity contribution in [3.8, 4) is 11.5 Å². The van der Waals surface area contributed by atoms with Crippen molar-refractivity contribution in [3.63, 3.8) is 0 Å². The molecule has 31 heavy (non-hydrogen) atoms. The van der Waals surface area contributed by atoms with Crippen LogP contribution in [0, 0.1) is 0 Å². The Bertz CT molecular complexity index is 877. The molecule has 1 fully saturated rings. The van der Waals surface area contributed by atoms with Gasteiger partial charge in [0.05, 0.1) is 0 Å². The normalized spacial score (nSPS) is 14.9. The third-order valence-corrected chi connectivity index (χ3v) is 5.81. The summed E-state index contributed by atoms with van der Waals surface area (Å²) >= 11 is 0. The van der Waals surface area contributed by atoms with Gasteiger partial charge in [-0.25, -0.2) is 4.79 Å². The predicted octanol–water partition coefficient (Wildman–Crippen LogP) is 2.76. The second-order valence-electron chi connectivity index (χ2n) is 6.95. The SMILES string of the molecule is CC(C)N(Cc1ccc(-c2nnc(C(F)(F)F)o2)cc1)C(=O)N1CCS(=O)CC1.CO. The topological polar surface area (TPSA) is 99.8 Å². The molecule has 172 valence electrons. The molecule has 12 heteroatoms. The molecule has 2 aromatic rings. The standard InChI is InChI=1S/C18H21F3N4O3S.CH4O/c1-12(2)25(17(26)24-7-9-29(27)10-8-24)11-13-3-5-14(6-4-13)15-22-23-16(28-15)18(19,20)21;1-2/h3-6,12H,7-11H2,1-2H3;2H,1H3. The Hall–Kier alpha value is -2.47. The van der Waals surface area contributed by atoms with Crippen molar-refractivity contribution in [2.75, 3.05) is 31.7 Å². The molecule has 0 radical (unpaired) electrons. The molecule has 1 saturated heterocycles. The van der Waals surface area contributed by atoms with Gasteiger partial charge in [-0.15, -0.1) is 10.2 Å². The first-order chi connectivity index (χ1) is 14.6. The number of carbonyl (C=O) groups is 1. The van der Waals surface area contributed by atoms with Crippen molar-refractivity contribution in [2.45, 2.75) is 32.6 Å². The Balaban J connectivity index is 0.00000166. The highest BCUT2D eigenvalue weighted by Crippen LogP contribution is 2.30. The molecule has 0 spiro atoms. The van der Waals surface area contributed by atoms with Crippen LogP contribution in [0.5, 0.6) is 0 Å². The monoisotopic (exact) mass is 462 g/mol. The van der Waals surface area contributed by atoms with E-state index in [0.717, 1.165) is 12.7 Å². The molecular formula is C19H25F3N4O4S. The lowest BCUT2D eigenvalue weighted by molar-refractivity contribution is -0.156. The number of benzene rings is 1. The second kappa shape index (κ2) is 10.7. The van der Waals surface area contributed by atoms with Gasteiger partial charge in [-0.1, -0.05) is 12.1 Å². The van der Waals surface area contributed by atoms with Crippen molar-refractivity contribution >= 4 is 16.8 Å². The van der Waals surface area contributed by atoms with E-state index in [4.69, 9.17) is 5.11 Å².